The lowest BCUT2D eigenvalue weighted by Crippen LogP contribution is -2.47. The summed E-state index contributed by atoms with van der Waals surface area (Å²) < 4.78 is 0. The van der Waals surface area contributed by atoms with Crippen LogP contribution >= 0.6 is 24.2 Å². The third-order valence-electron chi connectivity index (χ3n) is 3.39. The molecule has 0 spiro atoms. The normalized spacial score (nSPS) is 19.9. The van der Waals surface area contributed by atoms with Crippen LogP contribution in [0.25, 0.3) is 0 Å². The number of piperidine rings is 1. The average Bonchev–Trinajstić information content (AvgIpc) is 2.44. The highest BCUT2D eigenvalue weighted by Gasteiger charge is 2.29. The predicted molar refractivity (Wildman–Crippen MR) is 86.2 cm³/mol. The van der Waals surface area contributed by atoms with Crippen molar-refractivity contribution in [2.75, 3.05) is 38.2 Å². The number of nitrogens with two attached hydrogens (primary N) is 1. The fraction of sp³-hybridized carbons (Fsp3) is 0.846. The fourth-order valence-corrected chi connectivity index (χ4v) is 3.01. The van der Waals surface area contributed by atoms with Crippen LogP contribution in [-0.2, 0) is 9.59 Å². The smallest absolute Gasteiger partial charge is 0.226 e. The van der Waals surface area contributed by atoms with Crippen molar-refractivity contribution in [3.05, 3.63) is 0 Å². The van der Waals surface area contributed by atoms with Crippen LogP contribution in [0.5, 0.6) is 0 Å². The largest absolute Gasteiger partial charge is 0.355 e. The van der Waals surface area contributed by atoms with Crippen molar-refractivity contribution in [1.82, 2.24) is 10.2 Å². The summed E-state index contributed by atoms with van der Waals surface area (Å²) in [6, 6.07) is 0. The van der Waals surface area contributed by atoms with Crippen LogP contribution in [0.4, 0.5) is 0 Å². The predicted octanol–water partition coefficient (Wildman–Crippen LogP) is 0.721. The zero-order chi connectivity index (χ0) is 14.3. The molecule has 1 fully saturated rings. The third-order valence-corrected chi connectivity index (χ3v) is 4.22. The quantitative estimate of drug-likeness (QED) is 0.755. The zero-order valence-corrected chi connectivity index (χ0v) is 13.9. The Kier molecular flexibility index (Phi) is 10.1. The summed E-state index contributed by atoms with van der Waals surface area (Å²) in [7, 11) is 0. The Morgan fingerprint density at radius 3 is 2.80 bits per heavy atom. The van der Waals surface area contributed by atoms with E-state index in [1.807, 2.05) is 18.1 Å². The van der Waals surface area contributed by atoms with Gasteiger partial charge in [-0.1, -0.05) is 6.92 Å². The van der Waals surface area contributed by atoms with Gasteiger partial charge in [0.05, 0.1) is 5.92 Å². The Labute approximate surface area is 131 Å². The summed E-state index contributed by atoms with van der Waals surface area (Å²) in [5.74, 6) is 0.983. The molecule has 3 N–H and O–H groups in total. The SMILES string of the molecule is CSCC(C)C(=O)N1CCCC(C(=O)NCCN)C1.Cl. The second kappa shape index (κ2) is 10.3. The summed E-state index contributed by atoms with van der Waals surface area (Å²) in [5, 5.41) is 2.81. The van der Waals surface area contributed by atoms with E-state index in [9.17, 15) is 9.59 Å². The first-order chi connectivity index (χ1) is 9.10. The number of nitrogens with zero attached hydrogens (tertiary/aromatic N) is 1. The Balaban J connectivity index is 0.00000361. The first-order valence-electron chi connectivity index (χ1n) is 6.85. The molecular formula is C13H26ClN3O2S. The number of halogens is 1. The van der Waals surface area contributed by atoms with Crippen molar-refractivity contribution in [3.63, 3.8) is 0 Å². The molecule has 2 unspecified atom stereocenters. The van der Waals surface area contributed by atoms with E-state index in [-0.39, 0.29) is 36.1 Å². The number of carbonyl (C=O) groups is 2. The molecule has 7 heteroatoms. The van der Waals surface area contributed by atoms with Gasteiger partial charge in [-0.3, -0.25) is 9.59 Å². The number of amides is 2. The lowest BCUT2D eigenvalue weighted by atomic mass is 9.96. The lowest BCUT2D eigenvalue weighted by Gasteiger charge is -2.33. The molecule has 0 bridgehead atoms. The Morgan fingerprint density at radius 2 is 2.20 bits per heavy atom. The summed E-state index contributed by atoms with van der Waals surface area (Å²) in [6.07, 6.45) is 3.76. The van der Waals surface area contributed by atoms with Gasteiger partial charge in [0.25, 0.3) is 0 Å². The average molecular weight is 324 g/mol. The Morgan fingerprint density at radius 1 is 1.50 bits per heavy atom. The summed E-state index contributed by atoms with van der Waals surface area (Å²) >= 11 is 1.68. The molecule has 118 valence electrons. The molecule has 0 saturated carbocycles. The maximum atomic E-state index is 12.2. The molecule has 0 aromatic rings. The maximum Gasteiger partial charge on any atom is 0.226 e. The van der Waals surface area contributed by atoms with Gasteiger partial charge in [0.15, 0.2) is 0 Å². The minimum absolute atomic E-state index is 0. The first kappa shape index (κ1) is 19.5. The molecule has 0 aromatic heterocycles. The van der Waals surface area contributed by atoms with Gasteiger partial charge < -0.3 is 16.0 Å². The molecule has 1 rings (SSSR count). The molecule has 0 aromatic carbocycles. The van der Waals surface area contributed by atoms with Crippen LogP contribution in [-0.4, -0.2) is 54.9 Å². The van der Waals surface area contributed by atoms with E-state index in [2.05, 4.69) is 5.32 Å². The van der Waals surface area contributed by atoms with Crippen molar-refractivity contribution in [3.8, 4) is 0 Å². The van der Waals surface area contributed by atoms with Gasteiger partial charge in [0, 0.05) is 37.8 Å². The number of thioether (sulfide) groups is 1. The Bertz CT molecular complexity index is 318. The van der Waals surface area contributed by atoms with Crippen LogP contribution in [0.1, 0.15) is 19.8 Å². The van der Waals surface area contributed by atoms with Gasteiger partial charge in [-0.2, -0.15) is 11.8 Å². The van der Waals surface area contributed by atoms with Crippen LogP contribution in [0.15, 0.2) is 0 Å². The topological polar surface area (TPSA) is 75.4 Å². The van der Waals surface area contributed by atoms with Crippen LogP contribution in [0, 0.1) is 11.8 Å². The van der Waals surface area contributed by atoms with Gasteiger partial charge >= 0.3 is 0 Å². The molecule has 5 nitrogen and oxygen atoms in total. The number of hydrogen-bond donors (Lipinski definition) is 2. The standard InChI is InChI=1S/C13H25N3O2S.ClH/c1-10(9-19-2)13(18)16-7-3-4-11(8-16)12(17)15-6-5-14;/h10-11H,3-9,14H2,1-2H3,(H,15,17);1H. The molecule has 0 aliphatic carbocycles. The molecule has 20 heavy (non-hydrogen) atoms. The molecule has 1 saturated heterocycles. The molecule has 2 amide bonds. The van der Waals surface area contributed by atoms with Crippen LogP contribution < -0.4 is 11.1 Å². The van der Waals surface area contributed by atoms with E-state index >= 15 is 0 Å². The first-order valence-corrected chi connectivity index (χ1v) is 8.25. The van der Waals surface area contributed by atoms with Gasteiger partial charge in [-0.05, 0) is 19.1 Å². The van der Waals surface area contributed by atoms with Gasteiger partial charge in [-0.15, -0.1) is 12.4 Å². The molecule has 1 aliphatic rings. The van der Waals surface area contributed by atoms with Gasteiger partial charge in [0.1, 0.15) is 0 Å². The number of carbonyl (C=O) groups excluding carboxylic acids is 2. The van der Waals surface area contributed by atoms with E-state index in [0.717, 1.165) is 25.1 Å². The second-order valence-corrected chi connectivity index (χ2v) is 5.97. The fourth-order valence-electron chi connectivity index (χ4n) is 2.36. The zero-order valence-electron chi connectivity index (χ0n) is 12.3. The third kappa shape index (κ3) is 5.89. The molecule has 0 radical (unpaired) electrons. The summed E-state index contributed by atoms with van der Waals surface area (Å²) in [5.41, 5.74) is 5.37. The summed E-state index contributed by atoms with van der Waals surface area (Å²) in [4.78, 5) is 26.0. The maximum absolute atomic E-state index is 12.2. The van der Waals surface area contributed by atoms with Crippen molar-refractivity contribution in [2.45, 2.75) is 19.8 Å². The monoisotopic (exact) mass is 323 g/mol. The van der Waals surface area contributed by atoms with E-state index in [1.165, 1.54) is 0 Å². The minimum Gasteiger partial charge on any atom is -0.355 e. The van der Waals surface area contributed by atoms with E-state index in [4.69, 9.17) is 5.73 Å². The number of nitrogens with one attached hydrogen (secondary N) is 1. The highest BCUT2D eigenvalue weighted by Crippen LogP contribution is 2.19. The van der Waals surface area contributed by atoms with Gasteiger partial charge in [-0.25, -0.2) is 0 Å². The van der Waals surface area contributed by atoms with Crippen LogP contribution in [0.3, 0.4) is 0 Å². The molecular weight excluding hydrogens is 298 g/mol. The molecule has 2 atom stereocenters. The van der Waals surface area contributed by atoms with Crippen molar-refractivity contribution < 1.29 is 9.59 Å². The summed E-state index contributed by atoms with van der Waals surface area (Å²) in [6.45, 7) is 4.24. The van der Waals surface area contributed by atoms with E-state index < -0.39 is 0 Å². The molecule has 1 aliphatic heterocycles. The number of hydrogen-bond acceptors (Lipinski definition) is 4. The number of likely N-dealkylation sites (tertiary alicyclic amines) is 1. The highest BCUT2D eigenvalue weighted by atomic mass is 35.5. The number of rotatable bonds is 6. The van der Waals surface area contributed by atoms with Crippen molar-refractivity contribution in [2.24, 2.45) is 17.6 Å². The Hall–Kier alpha value is -0.460. The molecule has 1 heterocycles. The van der Waals surface area contributed by atoms with E-state index in [0.29, 0.717) is 19.6 Å². The lowest BCUT2D eigenvalue weighted by molar-refractivity contribution is -0.138. The van der Waals surface area contributed by atoms with Crippen molar-refractivity contribution in [1.29, 1.82) is 0 Å². The van der Waals surface area contributed by atoms with Crippen LogP contribution in [0.2, 0.25) is 0 Å². The highest BCUT2D eigenvalue weighted by molar-refractivity contribution is 7.98. The van der Waals surface area contributed by atoms with Crippen molar-refractivity contribution >= 4 is 36.0 Å². The van der Waals surface area contributed by atoms with Gasteiger partial charge in [0.2, 0.25) is 11.8 Å². The van der Waals surface area contributed by atoms with E-state index in [1.54, 1.807) is 11.8 Å². The second-order valence-electron chi connectivity index (χ2n) is 5.06. The minimum atomic E-state index is -0.0780.